The van der Waals surface area contributed by atoms with Crippen LogP contribution in [0.3, 0.4) is 0 Å². The largest absolute Gasteiger partial charge is 0.355 e. The highest BCUT2D eigenvalue weighted by Gasteiger charge is 2.37. The third kappa shape index (κ3) is 5.96. The van der Waals surface area contributed by atoms with E-state index in [1.165, 1.54) is 53.7 Å². The first kappa shape index (κ1) is 26.7. The summed E-state index contributed by atoms with van der Waals surface area (Å²) in [6, 6.07) is 11.4. The summed E-state index contributed by atoms with van der Waals surface area (Å²) < 4.78 is 70.3. The molecule has 3 N–H and O–H groups in total. The third-order valence-corrected chi connectivity index (χ3v) is 8.91. The molecule has 196 valence electrons. The number of nitrogens with zero attached hydrogens (tertiary/aromatic N) is 2. The van der Waals surface area contributed by atoms with Crippen LogP contribution in [0.1, 0.15) is 29.9 Å². The molecule has 1 aromatic heterocycles. The number of benzene rings is 2. The van der Waals surface area contributed by atoms with Crippen LogP contribution in [-0.4, -0.2) is 45.3 Å². The zero-order chi connectivity index (χ0) is 26.8. The molecule has 1 saturated heterocycles. The maximum absolute atomic E-state index is 14.0. The minimum Gasteiger partial charge on any atom is -0.355 e. The van der Waals surface area contributed by atoms with Gasteiger partial charge in [-0.3, -0.25) is 4.79 Å². The average molecular weight is 549 g/mol. The number of piperidine rings is 1. The molecule has 0 bridgehead atoms. The van der Waals surface area contributed by atoms with E-state index in [4.69, 9.17) is 9.66 Å². The van der Waals surface area contributed by atoms with Gasteiger partial charge in [0.2, 0.25) is 26.0 Å². The van der Waals surface area contributed by atoms with Gasteiger partial charge in [-0.15, -0.1) is 0 Å². The summed E-state index contributed by atoms with van der Waals surface area (Å²) >= 11 is 0. The van der Waals surface area contributed by atoms with Crippen molar-refractivity contribution in [2.45, 2.75) is 29.6 Å². The minimum absolute atomic E-state index is 0.0396. The Morgan fingerprint density at radius 1 is 1.14 bits per heavy atom. The van der Waals surface area contributed by atoms with Gasteiger partial charge in [-0.25, -0.2) is 26.4 Å². The summed E-state index contributed by atoms with van der Waals surface area (Å²) in [5.41, 5.74) is 0.759. The highest BCUT2D eigenvalue weighted by Crippen LogP contribution is 2.30. The molecule has 1 fully saturated rings. The molecule has 1 unspecified atom stereocenters. The van der Waals surface area contributed by atoms with Crippen LogP contribution in [-0.2, 0) is 24.8 Å². The number of rotatable bonds is 7. The lowest BCUT2D eigenvalue weighted by atomic mass is 9.99. The number of anilines is 1. The molecule has 0 aliphatic carbocycles. The van der Waals surface area contributed by atoms with E-state index in [0.29, 0.717) is 18.5 Å². The monoisotopic (exact) mass is 548 g/mol. The molecular weight excluding hydrogens is 523 g/mol. The molecule has 3 aromatic rings. The molecule has 13 heteroatoms. The fraction of sp³-hybridized carbons (Fsp3) is 0.250. The van der Waals surface area contributed by atoms with Gasteiger partial charge < -0.3 is 9.84 Å². The first-order valence-corrected chi connectivity index (χ1v) is 14.3. The van der Waals surface area contributed by atoms with Crippen molar-refractivity contribution < 1.29 is 30.5 Å². The van der Waals surface area contributed by atoms with Crippen molar-refractivity contribution >= 4 is 43.8 Å². The number of nitrogens with one attached hydrogen (secondary N) is 1. The topological polar surface area (TPSA) is 153 Å². The number of sulfonamides is 2. The first-order chi connectivity index (χ1) is 17.5. The van der Waals surface area contributed by atoms with E-state index in [2.05, 4.69) is 10.5 Å². The highest BCUT2D eigenvalue weighted by molar-refractivity contribution is 7.89. The predicted molar refractivity (Wildman–Crippen MR) is 134 cm³/mol. The lowest BCUT2D eigenvalue weighted by Gasteiger charge is -2.31. The second-order valence-corrected chi connectivity index (χ2v) is 12.0. The molecule has 2 aromatic carbocycles. The van der Waals surface area contributed by atoms with Crippen LogP contribution in [0.2, 0.25) is 0 Å². The van der Waals surface area contributed by atoms with Gasteiger partial charge in [-0.1, -0.05) is 23.4 Å². The van der Waals surface area contributed by atoms with Crippen LogP contribution in [0.25, 0.3) is 12.2 Å². The smallest absolute Gasteiger partial charge is 0.248 e. The molecule has 10 nitrogen and oxygen atoms in total. The standard InChI is InChI=1S/C24H25FN4O6S2/c1-16-23(22(35-28-16)13-8-17-5-2-3-7-21(17)25)37(33,34)29-14-4-6-18(15-29)24(30)27-19-9-11-20(12-10-19)36(26,31)32/h2-3,5,7-13,18H,4,6,14-15H2,1H3,(H,27,30)(H2,26,31,32)/b13-8+. The van der Waals surface area contributed by atoms with Crippen LogP contribution >= 0.6 is 0 Å². The number of carbonyl (C=O) groups excluding carboxylic acids is 1. The van der Waals surface area contributed by atoms with Gasteiger partial charge in [-0.2, -0.15) is 4.31 Å². The van der Waals surface area contributed by atoms with Crippen LogP contribution in [0, 0.1) is 18.7 Å². The number of nitrogens with two attached hydrogens (primary N) is 1. The molecular formula is C24H25FN4O6S2. The number of halogens is 1. The lowest BCUT2D eigenvalue weighted by Crippen LogP contribution is -2.43. The Hall–Kier alpha value is -3.39. The number of amides is 1. The Labute approximate surface area is 214 Å². The van der Waals surface area contributed by atoms with Gasteiger partial charge in [0.05, 0.1) is 10.8 Å². The summed E-state index contributed by atoms with van der Waals surface area (Å²) in [6.45, 7) is 1.64. The summed E-state index contributed by atoms with van der Waals surface area (Å²) in [6.07, 6.45) is 3.68. The molecule has 1 amide bonds. The van der Waals surface area contributed by atoms with E-state index in [9.17, 15) is 26.0 Å². The number of hydrogen-bond donors (Lipinski definition) is 2. The number of hydrogen-bond acceptors (Lipinski definition) is 7. The van der Waals surface area contributed by atoms with Crippen molar-refractivity contribution in [2.24, 2.45) is 11.1 Å². The zero-order valence-corrected chi connectivity index (χ0v) is 21.4. The quantitative estimate of drug-likeness (QED) is 0.460. The summed E-state index contributed by atoms with van der Waals surface area (Å²) in [5, 5.41) is 11.6. The van der Waals surface area contributed by atoms with Crippen LogP contribution in [0.4, 0.5) is 10.1 Å². The second-order valence-electron chi connectivity index (χ2n) is 8.58. The normalized spacial score (nSPS) is 17.2. The number of carbonyl (C=O) groups is 1. The van der Waals surface area contributed by atoms with Crippen molar-refractivity contribution in [2.75, 3.05) is 18.4 Å². The SMILES string of the molecule is Cc1noc(/C=C/c2ccccc2F)c1S(=O)(=O)N1CCCC(C(=O)Nc2ccc(S(N)(=O)=O)cc2)C1. The fourth-order valence-electron chi connectivity index (χ4n) is 4.05. The number of aromatic nitrogens is 1. The summed E-state index contributed by atoms with van der Waals surface area (Å²) in [7, 11) is -7.95. The Morgan fingerprint density at radius 2 is 1.84 bits per heavy atom. The Bertz CT molecular complexity index is 1550. The molecule has 0 saturated carbocycles. The number of primary sulfonamides is 1. The molecule has 2 heterocycles. The molecule has 0 spiro atoms. The average Bonchev–Trinajstić information content (AvgIpc) is 3.24. The minimum atomic E-state index is -4.08. The van der Waals surface area contributed by atoms with Crippen LogP contribution < -0.4 is 10.5 Å². The van der Waals surface area contributed by atoms with Gasteiger partial charge in [-0.05, 0) is 62.2 Å². The van der Waals surface area contributed by atoms with Gasteiger partial charge in [0.25, 0.3) is 0 Å². The molecule has 4 rings (SSSR count). The van der Waals surface area contributed by atoms with Crippen LogP contribution in [0.5, 0.6) is 0 Å². The summed E-state index contributed by atoms with van der Waals surface area (Å²) in [5.74, 6) is -1.55. The fourth-order valence-corrected chi connectivity index (χ4v) is 6.34. The van der Waals surface area contributed by atoms with Crippen molar-refractivity contribution in [3.63, 3.8) is 0 Å². The van der Waals surface area contributed by atoms with E-state index < -0.39 is 37.7 Å². The molecule has 1 aliphatic rings. The maximum atomic E-state index is 14.0. The molecule has 0 radical (unpaired) electrons. The van der Waals surface area contributed by atoms with E-state index in [0.717, 1.165) is 0 Å². The van der Waals surface area contributed by atoms with Crippen molar-refractivity contribution in [3.8, 4) is 0 Å². The van der Waals surface area contributed by atoms with Crippen molar-refractivity contribution in [1.29, 1.82) is 0 Å². The lowest BCUT2D eigenvalue weighted by molar-refractivity contribution is -0.120. The van der Waals surface area contributed by atoms with E-state index in [-0.39, 0.29) is 39.9 Å². The molecule has 37 heavy (non-hydrogen) atoms. The van der Waals surface area contributed by atoms with E-state index in [1.807, 2.05) is 0 Å². The molecule has 1 aliphatic heterocycles. The Balaban J connectivity index is 1.51. The Morgan fingerprint density at radius 3 is 2.51 bits per heavy atom. The van der Waals surface area contributed by atoms with Gasteiger partial charge in [0.1, 0.15) is 11.5 Å². The maximum Gasteiger partial charge on any atom is 0.248 e. The predicted octanol–water partition coefficient (Wildman–Crippen LogP) is 2.98. The first-order valence-electron chi connectivity index (χ1n) is 11.3. The molecule has 1 atom stereocenters. The van der Waals surface area contributed by atoms with Crippen molar-refractivity contribution in [3.05, 3.63) is 71.4 Å². The summed E-state index contributed by atoms with van der Waals surface area (Å²) in [4.78, 5) is 12.6. The second kappa shape index (κ2) is 10.5. The Kier molecular flexibility index (Phi) is 7.59. The van der Waals surface area contributed by atoms with Gasteiger partial charge in [0.15, 0.2) is 10.7 Å². The van der Waals surface area contributed by atoms with Crippen molar-refractivity contribution in [1.82, 2.24) is 9.46 Å². The van der Waals surface area contributed by atoms with Crippen LogP contribution in [0.15, 0.2) is 62.8 Å². The van der Waals surface area contributed by atoms with E-state index >= 15 is 0 Å². The van der Waals surface area contributed by atoms with Gasteiger partial charge in [0, 0.05) is 24.3 Å². The highest BCUT2D eigenvalue weighted by atomic mass is 32.2. The third-order valence-electron chi connectivity index (χ3n) is 5.96. The number of aryl methyl sites for hydroxylation is 1. The van der Waals surface area contributed by atoms with E-state index in [1.54, 1.807) is 18.2 Å². The van der Waals surface area contributed by atoms with Gasteiger partial charge >= 0.3 is 0 Å². The zero-order valence-electron chi connectivity index (χ0n) is 19.8.